The van der Waals surface area contributed by atoms with Crippen molar-refractivity contribution in [3.8, 4) is 11.5 Å². The first-order valence-corrected chi connectivity index (χ1v) is 11.2. The van der Waals surface area contributed by atoms with E-state index in [4.69, 9.17) is 21.1 Å². The predicted molar refractivity (Wildman–Crippen MR) is 127 cm³/mol. The largest absolute Gasteiger partial charge is 0.493 e. The first-order valence-electron chi connectivity index (χ1n) is 10.8. The molecule has 0 aromatic heterocycles. The van der Waals surface area contributed by atoms with Crippen molar-refractivity contribution in [2.75, 3.05) is 14.2 Å². The molecule has 2 atom stereocenters. The fourth-order valence-corrected chi connectivity index (χ4v) is 3.52. The van der Waals surface area contributed by atoms with Crippen molar-refractivity contribution in [1.82, 2.24) is 10.2 Å². The van der Waals surface area contributed by atoms with Crippen LogP contribution in [0, 0.1) is 0 Å². The smallest absolute Gasteiger partial charge is 0.242 e. The quantitative estimate of drug-likeness (QED) is 0.531. The minimum atomic E-state index is -0.610. The lowest BCUT2D eigenvalue weighted by molar-refractivity contribution is -0.140. The molecule has 0 bridgehead atoms. The minimum absolute atomic E-state index is 0.0415. The Balaban J connectivity index is 2.18. The molecule has 0 unspecified atom stereocenters. The molecule has 1 N–H and O–H groups in total. The van der Waals surface area contributed by atoms with Crippen LogP contribution in [0.4, 0.5) is 0 Å². The number of carbonyl (C=O) groups excluding carboxylic acids is 2. The summed E-state index contributed by atoms with van der Waals surface area (Å²) >= 11 is 6.13. The lowest BCUT2D eigenvalue weighted by Crippen LogP contribution is -2.49. The number of hydrogen-bond acceptors (Lipinski definition) is 4. The Bertz CT molecular complexity index is 919. The molecule has 32 heavy (non-hydrogen) atoms. The van der Waals surface area contributed by atoms with E-state index in [0.717, 1.165) is 17.5 Å². The summed E-state index contributed by atoms with van der Waals surface area (Å²) in [6.45, 7) is 6.02. The van der Waals surface area contributed by atoms with Gasteiger partial charge in [0.1, 0.15) is 6.04 Å². The molecule has 6 nitrogen and oxygen atoms in total. The summed E-state index contributed by atoms with van der Waals surface area (Å²) in [5.41, 5.74) is 1.83. The van der Waals surface area contributed by atoms with Gasteiger partial charge in [-0.2, -0.15) is 0 Å². The molecule has 0 radical (unpaired) electrons. The van der Waals surface area contributed by atoms with Gasteiger partial charge in [0.15, 0.2) is 11.5 Å². The monoisotopic (exact) mass is 460 g/mol. The molecule has 0 heterocycles. The third-order valence-corrected chi connectivity index (χ3v) is 5.72. The van der Waals surface area contributed by atoms with Crippen LogP contribution < -0.4 is 14.8 Å². The molecular formula is C25H33ClN2O4. The number of hydrogen-bond donors (Lipinski definition) is 1. The fraction of sp³-hybridized carbons (Fsp3) is 0.440. The number of methoxy groups -OCH3 is 2. The van der Waals surface area contributed by atoms with E-state index in [2.05, 4.69) is 5.32 Å². The Labute approximate surface area is 195 Å². The highest BCUT2D eigenvalue weighted by atomic mass is 35.5. The van der Waals surface area contributed by atoms with Crippen molar-refractivity contribution in [2.45, 2.75) is 58.7 Å². The molecule has 2 amide bonds. The molecule has 2 aromatic rings. The summed E-state index contributed by atoms with van der Waals surface area (Å²) in [6, 6.07) is 12.4. The van der Waals surface area contributed by atoms with E-state index in [-0.39, 0.29) is 24.3 Å². The lowest BCUT2D eigenvalue weighted by atomic mass is 10.1. The van der Waals surface area contributed by atoms with Gasteiger partial charge in [-0.05, 0) is 62.1 Å². The first kappa shape index (κ1) is 25.5. The fourth-order valence-electron chi connectivity index (χ4n) is 3.31. The average molecular weight is 461 g/mol. The van der Waals surface area contributed by atoms with Crippen molar-refractivity contribution in [2.24, 2.45) is 0 Å². The zero-order chi connectivity index (χ0) is 23.7. The van der Waals surface area contributed by atoms with Crippen LogP contribution in [0.1, 0.15) is 44.7 Å². The molecule has 0 fully saturated rings. The molecule has 0 aliphatic heterocycles. The number of benzene rings is 2. The van der Waals surface area contributed by atoms with Gasteiger partial charge in [-0.3, -0.25) is 9.59 Å². The van der Waals surface area contributed by atoms with Crippen LogP contribution in [0.2, 0.25) is 5.02 Å². The number of nitrogens with zero attached hydrogens (tertiary/aromatic N) is 1. The van der Waals surface area contributed by atoms with Gasteiger partial charge in [0.05, 0.1) is 14.2 Å². The van der Waals surface area contributed by atoms with Crippen LogP contribution in [0.3, 0.4) is 0 Å². The Morgan fingerprint density at radius 3 is 2.38 bits per heavy atom. The van der Waals surface area contributed by atoms with Crippen molar-refractivity contribution in [3.63, 3.8) is 0 Å². The molecule has 0 spiro atoms. The van der Waals surface area contributed by atoms with Gasteiger partial charge in [-0.15, -0.1) is 0 Å². The van der Waals surface area contributed by atoms with Crippen LogP contribution >= 0.6 is 11.6 Å². The average Bonchev–Trinajstić information content (AvgIpc) is 2.80. The highest BCUT2D eigenvalue weighted by Gasteiger charge is 2.26. The van der Waals surface area contributed by atoms with Crippen molar-refractivity contribution < 1.29 is 19.1 Å². The molecule has 0 aliphatic carbocycles. The second-order valence-corrected chi connectivity index (χ2v) is 8.27. The highest BCUT2D eigenvalue weighted by molar-refractivity contribution is 6.30. The summed E-state index contributed by atoms with van der Waals surface area (Å²) in [5.74, 6) is 0.988. The third-order valence-electron chi connectivity index (χ3n) is 5.49. The third kappa shape index (κ3) is 7.16. The van der Waals surface area contributed by atoms with E-state index in [1.165, 1.54) is 0 Å². The van der Waals surface area contributed by atoms with E-state index in [1.54, 1.807) is 32.1 Å². The van der Waals surface area contributed by atoms with Crippen LogP contribution in [-0.4, -0.2) is 43.0 Å². The maximum Gasteiger partial charge on any atom is 0.242 e. The summed E-state index contributed by atoms with van der Waals surface area (Å²) in [6.07, 6.45) is 1.60. The number of carbonyl (C=O) groups is 2. The van der Waals surface area contributed by atoms with E-state index in [1.807, 2.05) is 50.2 Å². The SMILES string of the molecule is CC[C@H](C)NC(=O)[C@@H](C)N(Cc1cccc(Cl)c1)C(=O)CCc1ccc(OC)c(OC)c1. The zero-order valence-electron chi connectivity index (χ0n) is 19.5. The van der Waals surface area contributed by atoms with E-state index >= 15 is 0 Å². The zero-order valence-corrected chi connectivity index (χ0v) is 20.2. The highest BCUT2D eigenvalue weighted by Crippen LogP contribution is 2.28. The van der Waals surface area contributed by atoms with Gasteiger partial charge in [0.2, 0.25) is 11.8 Å². The number of rotatable bonds is 11. The molecular weight excluding hydrogens is 428 g/mol. The molecule has 0 saturated carbocycles. The van der Waals surface area contributed by atoms with Crippen LogP contribution in [0.25, 0.3) is 0 Å². The molecule has 0 aliphatic rings. The topological polar surface area (TPSA) is 67.9 Å². The normalized spacial score (nSPS) is 12.6. The van der Waals surface area contributed by atoms with Gasteiger partial charge in [0, 0.05) is 24.0 Å². The lowest BCUT2D eigenvalue weighted by Gasteiger charge is -2.30. The van der Waals surface area contributed by atoms with Crippen molar-refractivity contribution >= 4 is 23.4 Å². The predicted octanol–water partition coefficient (Wildman–Crippen LogP) is 4.62. The Morgan fingerprint density at radius 1 is 1.03 bits per heavy atom. The van der Waals surface area contributed by atoms with Crippen LogP contribution in [-0.2, 0) is 22.6 Å². The van der Waals surface area contributed by atoms with Gasteiger partial charge in [-0.25, -0.2) is 0 Å². The second-order valence-electron chi connectivity index (χ2n) is 7.83. The molecule has 174 valence electrons. The number of ether oxygens (including phenoxy) is 2. The molecule has 2 aromatic carbocycles. The van der Waals surface area contributed by atoms with E-state index in [9.17, 15) is 9.59 Å². The number of aryl methyl sites for hydroxylation is 1. The molecule has 2 rings (SSSR count). The van der Waals surface area contributed by atoms with Gasteiger partial charge < -0.3 is 19.7 Å². The summed E-state index contributed by atoms with van der Waals surface area (Å²) in [4.78, 5) is 27.6. The standard InChI is InChI=1S/C25H33ClN2O4/c1-6-17(2)27-25(30)18(3)28(16-20-8-7-9-21(26)14-20)24(29)13-11-19-10-12-22(31-4)23(15-19)32-5/h7-10,12,14-15,17-18H,6,11,13,16H2,1-5H3,(H,27,30)/t17-,18+/m0/s1. The maximum atomic E-state index is 13.2. The molecule has 0 saturated heterocycles. The minimum Gasteiger partial charge on any atom is -0.493 e. The number of amides is 2. The van der Waals surface area contributed by atoms with Crippen molar-refractivity contribution in [1.29, 1.82) is 0 Å². The summed E-state index contributed by atoms with van der Waals surface area (Å²) in [5, 5.41) is 3.57. The number of nitrogens with one attached hydrogen (secondary N) is 1. The summed E-state index contributed by atoms with van der Waals surface area (Å²) in [7, 11) is 3.16. The Kier molecular flexibility index (Phi) is 9.85. The van der Waals surface area contributed by atoms with E-state index in [0.29, 0.717) is 29.5 Å². The van der Waals surface area contributed by atoms with E-state index < -0.39 is 6.04 Å². The van der Waals surface area contributed by atoms with Gasteiger partial charge in [-0.1, -0.05) is 36.7 Å². The van der Waals surface area contributed by atoms with Gasteiger partial charge >= 0.3 is 0 Å². The van der Waals surface area contributed by atoms with Crippen LogP contribution in [0.15, 0.2) is 42.5 Å². The number of halogens is 1. The Hall–Kier alpha value is -2.73. The first-order chi connectivity index (χ1) is 15.3. The maximum absolute atomic E-state index is 13.2. The van der Waals surface area contributed by atoms with Gasteiger partial charge in [0.25, 0.3) is 0 Å². The summed E-state index contributed by atoms with van der Waals surface area (Å²) < 4.78 is 10.6. The van der Waals surface area contributed by atoms with Crippen LogP contribution in [0.5, 0.6) is 11.5 Å². The second kappa shape index (κ2) is 12.3. The Morgan fingerprint density at radius 2 is 1.75 bits per heavy atom. The van der Waals surface area contributed by atoms with Crippen molar-refractivity contribution in [3.05, 3.63) is 58.6 Å². The molecule has 7 heteroatoms.